The maximum Gasteiger partial charge on any atom is 0.134 e. The molecular formula is C16H21N3O. The van der Waals surface area contributed by atoms with Crippen LogP contribution in [0.2, 0.25) is 0 Å². The van der Waals surface area contributed by atoms with Crippen molar-refractivity contribution in [1.29, 1.82) is 0 Å². The van der Waals surface area contributed by atoms with Crippen molar-refractivity contribution >= 4 is 16.6 Å². The topological polar surface area (TPSA) is 71.2 Å². The number of anilines is 1. The number of nitrogens with two attached hydrogens (primary N) is 1. The molecule has 2 unspecified atom stereocenters. The van der Waals surface area contributed by atoms with E-state index in [4.69, 9.17) is 5.73 Å². The summed E-state index contributed by atoms with van der Waals surface area (Å²) < 4.78 is 0. The Kier molecular flexibility index (Phi) is 3.74. The zero-order valence-electron chi connectivity index (χ0n) is 11.5. The van der Waals surface area contributed by atoms with Crippen LogP contribution < -0.4 is 11.1 Å². The molecule has 106 valence electrons. The summed E-state index contributed by atoms with van der Waals surface area (Å²) in [6.45, 7) is 0. The van der Waals surface area contributed by atoms with Gasteiger partial charge in [-0.15, -0.1) is 0 Å². The fraction of sp³-hybridized carbons (Fsp3) is 0.438. The van der Waals surface area contributed by atoms with Crippen LogP contribution >= 0.6 is 0 Å². The highest BCUT2D eigenvalue weighted by Gasteiger charge is 2.21. The minimum atomic E-state index is 0.173. The normalized spacial score (nSPS) is 23.4. The van der Waals surface area contributed by atoms with E-state index in [1.54, 1.807) is 18.3 Å². The van der Waals surface area contributed by atoms with Gasteiger partial charge in [0.05, 0.1) is 0 Å². The van der Waals surface area contributed by atoms with Gasteiger partial charge in [-0.05, 0) is 36.4 Å². The molecule has 4 nitrogen and oxygen atoms in total. The fourth-order valence-electron chi connectivity index (χ4n) is 2.96. The molecule has 0 saturated heterocycles. The van der Waals surface area contributed by atoms with Crippen LogP contribution in [0.4, 0.5) is 5.82 Å². The highest BCUT2D eigenvalue weighted by Crippen LogP contribution is 2.27. The predicted molar refractivity (Wildman–Crippen MR) is 81.9 cm³/mol. The van der Waals surface area contributed by atoms with Crippen molar-refractivity contribution in [3.8, 4) is 5.75 Å². The average Bonchev–Trinajstić information content (AvgIpc) is 2.65. The Bertz CT molecular complexity index is 599. The van der Waals surface area contributed by atoms with E-state index in [9.17, 15) is 5.11 Å². The quantitative estimate of drug-likeness (QED) is 0.734. The molecule has 1 aromatic heterocycles. The smallest absolute Gasteiger partial charge is 0.134 e. The van der Waals surface area contributed by atoms with Gasteiger partial charge < -0.3 is 16.2 Å². The summed E-state index contributed by atoms with van der Waals surface area (Å²) in [4.78, 5) is 4.43. The van der Waals surface area contributed by atoms with Gasteiger partial charge in [0.15, 0.2) is 0 Å². The second-order valence-corrected chi connectivity index (χ2v) is 5.62. The highest BCUT2D eigenvalue weighted by atomic mass is 16.3. The molecule has 2 atom stereocenters. The standard InChI is InChI=1S/C16H21N3O/c17-14-4-2-1-3-5-15(14)19-16-13-10-12(20)7-6-11(13)8-9-18-16/h6-10,14-15,20H,1-5,17H2,(H,18,19). The zero-order valence-corrected chi connectivity index (χ0v) is 11.5. The number of nitrogens with zero attached hydrogens (tertiary/aromatic N) is 1. The number of hydrogen-bond donors (Lipinski definition) is 3. The third kappa shape index (κ3) is 2.70. The maximum atomic E-state index is 9.68. The van der Waals surface area contributed by atoms with E-state index in [0.717, 1.165) is 29.4 Å². The fourth-order valence-corrected chi connectivity index (χ4v) is 2.96. The van der Waals surface area contributed by atoms with Crippen LogP contribution in [0.5, 0.6) is 5.75 Å². The molecule has 0 aliphatic heterocycles. The van der Waals surface area contributed by atoms with Gasteiger partial charge in [-0.1, -0.05) is 25.3 Å². The Morgan fingerprint density at radius 2 is 2.00 bits per heavy atom. The predicted octanol–water partition coefficient (Wildman–Crippen LogP) is 3.01. The molecule has 0 spiro atoms. The van der Waals surface area contributed by atoms with Crippen molar-refractivity contribution in [2.45, 2.75) is 44.2 Å². The number of nitrogens with one attached hydrogen (secondary N) is 1. The molecule has 0 amide bonds. The molecule has 4 heteroatoms. The summed E-state index contributed by atoms with van der Waals surface area (Å²) in [5.74, 6) is 1.08. The van der Waals surface area contributed by atoms with Crippen molar-refractivity contribution in [3.63, 3.8) is 0 Å². The second-order valence-electron chi connectivity index (χ2n) is 5.62. The summed E-state index contributed by atoms with van der Waals surface area (Å²) in [5.41, 5.74) is 6.26. The van der Waals surface area contributed by atoms with Gasteiger partial charge in [-0.25, -0.2) is 4.98 Å². The summed E-state index contributed by atoms with van der Waals surface area (Å²) in [5, 5.41) is 15.2. The molecule has 20 heavy (non-hydrogen) atoms. The molecule has 1 aliphatic rings. The van der Waals surface area contributed by atoms with Crippen molar-refractivity contribution in [2.75, 3.05) is 5.32 Å². The lowest BCUT2D eigenvalue weighted by atomic mass is 10.0. The number of fused-ring (bicyclic) bond motifs is 1. The van der Waals surface area contributed by atoms with Crippen LogP contribution in [0, 0.1) is 0 Å². The molecule has 2 aromatic rings. The largest absolute Gasteiger partial charge is 0.508 e. The SMILES string of the molecule is NC1CCCCCC1Nc1nccc2ccc(O)cc12. The van der Waals surface area contributed by atoms with Gasteiger partial charge >= 0.3 is 0 Å². The molecule has 1 aromatic carbocycles. The Morgan fingerprint density at radius 3 is 2.90 bits per heavy atom. The molecule has 1 saturated carbocycles. The van der Waals surface area contributed by atoms with E-state index in [-0.39, 0.29) is 17.8 Å². The molecule has 4 N–H and O–H groups in total. The van der Waals surface area contributed by atoms with Gasteiger partial charge in [0.25, 0.3) is 0 Å². The first kappa shape index (κ1) is 13.2. The zero-order chi connectivity index (χ0) is 13.9. The van der Waals surface area contributed by atoms with Gasteiger partial charge in [0, 0.05) is 23.7 Å². The number of phenols is 1. The van der Waals surface area contributed by atoms with E-state index >= 15 is 0 Å². The number of phenolic OH excluding ortho intramolecular Hbond substituents is 1. The van der Waals surface area contributed by atoms with Gasteiger partial charge in [0.1, 0.15) is 11.6 Å². The third-order valence-corrected chi connectivity index (χ3v) is 4.14. The van der Waals surface area contributed by atoms with E-state index in [1.807, 2.05) is 12.1 Å². The Morgan fingerprint density at radius 1 is 1.15 bits per heavy atom. The van der Waals surface area contributed by atoms with Crippen LogP contribution in [0.3, 0.4) is 0 Å². The number of benzene rings is 1. The number of aromatic hydroxyl groups is 1. The summed E-state index contributed by atoms with van der Waals surface area (Å²) >= 11 is 0. The monoisotopic (exact) mass is 271 g/mol. The molecule has 3 rings (SSSR count). The van der Waals surface area contributed by atoms with Crippen LogP contribution in [-0.4, -0.2) is 22.2 Å². The first-order chi connectivity index (χ1) is 9.74. The molecular weight excluding hydrogens is 250 g/mol. The van der Waals surface area contributed by atoms with E-state index in [0.29, 0.717) is 0 Å². The lowest BCUT2D eigenvalue weighted by Gasteiger charge is -2.24. The molecule has 1 fully saturated rings. The molecule has 0 bridgehead atoms. The Labute approximate surface area is 119 Å². The van der Waals surface area contributed by atoms with Crippen molar-refractivity contribution < 1.29 is 5.11 Å². The highest BCUT2D eigenvalue weighted by molar-refractivity contribution is 5.92. The first-order valence-electron chi connectivity index (χ1n) is 7.34. The van der Waals surface area contributed by atoms with Crippen molar-refractivity contribution in [2.24, 2.45) is 5.73 Å². The first-order valence-corrected chi connectivity index (χ1v) is 7.34. The summed E-state index contributed by atoms with van der Waals surface area (Å²) in [7, 11) is 0. The average molecular weight is 271 g/mol. The van der Waals surface area contributed by atoms with Crippen LogP contribution in [-0.2, 0) is 0 Å². The number of rotatable bonds is 2. The number of pyridine rings is 1. The Hall–Kier alpha value is -1.81. The lowest BCUT2D eigenvalue weighted by molar-refractivity contribution is 0.476. The van der Waals surface area contributed by atoms with Crippen LogP contribution in [0.25, 0.3) is 10.8 Å². The van der Waals surface area contributed by atoms with Gasteiger partial charge in [0.2, 0.25) is 0 Å². The van der Waals surface area contributed by atoms with Crippen molar-refractivity contribution in [3.05, 3.63) is 30.5 Å². The van der Waals surface area contributed by atoms with E-state index in [1.165, 1.54) is 19.3 Å². The second kappa shape index (κ2) is 5.67. The molecule has 1 heterocycles. The summed E-state index contributed by atoms with van der Waals surface area (Å²) in [6.07, 6.45) is 7.62. The molecule has 1 aliphatic carbocycles. The van der Waals surface area contributed by atoms with Crippen LogP contribution in [0.15, 0.2) is 30.5 Å². The third-order valence-electron chi connectivity index (χ3n) is 4.14. The van der Waals surface area contributed by atoms with E-state index in [2.05, 4.69) is 10.3 Å². The van der Waals surface area contributed by atoms with E-state index < -0.39 is 0 Å². The summed E-state index contributed by atoms with van der Waals surface area (Å²) in [6, 6.07) is 7.75. The van der Waals surface area contributed by atoms with Crippen molar-refractivity contribution in [1.82, 2.24) is 4.98 Å². The van der Waals surface area contributed by atoms with Crippen LogP contribution in [0.1, 0.15) is 32.1 Å². The minimum absolute atomic E-state index is 0.173. The van der Waals surface area contributed by atoms with Gasteiger partial charge in [-0.3, -0.25) is 0 Å². The Balaban J connectivity index is 1.91. The number of aromatic nitrogens is 1. The number of hydrogen-bond acceptors (Lipinski definition) is 4. The minimum Gasteiger partial charge on any atom is -0.508 e. The molecule has 0 radical (unpaired) electrons. The van der Waals surface area contributed by atoms with Gasteiger partial charge in [-0.2, -0.15) is 0 Å². The maximum absolute atomic E-state index is 9.68. The lowest BCUT2D eigenvalue weighted by Crippen LogP contribution is -2.39.